The monoisotopic (exact) mass is 213 g/mol. The fourth-order valence-electron chi connectivity index (χ4n) is 2.03. The molecule has 3 nitrogen and oxygen atoms in total. The Hall–Kier alpha value is -0.730. The maximum Gasteiger partial charge on any atom is 0.407 e. The molecule has 1 rings (SSSR count). The largest absolute Gasteiger partial charge is 0.443 e. The summed E-state index contributed by atoms with van der Waals surface area (Å²) in [4.78, 5) is 11.5. The molecule has 0 atom stereocenters. The molecule has 0 aromatic heterocycles. The Bertz CT molecular complexity index is 198. The van der Waals surface area contributed by atoms with Gasteiger partial charge >= 0.3 is 6.09 Å². The number of amides is 1. The van der Waals surface area contributed by atoms with Gasteiger partial charge in [-0.25, -0.2) is 4.79 Å². The Labute approximate surface area is 92.6 Å². The lowest BCUT2D eigenvalue weighted by atomic mass is 9.86. The van der Waals surface area contributed by atoms with E-state index in [1.165, 1.54) is 19.3 Å². The number of unbranched alkanes of at least 4 members (excludes halogenated alkanes) is 1. The zero-order valence-electron chi connectivity index (χ0n) is 9.97. The van der Waals surface area contributed by atoms with Gasteiger partial charge in [-0.3, -0.25) is 0 Å². The summed E-state index contributed by atoms with van der Waals surface area (Å²) in [6.45, 7) is 4.88. The predicted octanol–water partition coefficient (Wildman–Crippen LogP) is 3.24. The molecule has 1 aliphatic carbocycles. The molecule has 0 heterocycles. The molecule has 0 radical (unpaired) electrons. The lowest BCUT2D eigenvalue weighted by molar-refractivity contribution is -0.00198. The van der Waals surface area contributed by atoms with E-state index in [-0.39, 0.29) is 11.7 Å². The number of rotatable bonds is 4. The standard InChI is InChI=1S/C12H23NO2/c1-3-4-10-13-11(14)15-12(2)8-6-5-7-9-12/h3-10H2,1-2H3,(H,13,14). The molecule has 88 valence electrons. The summed E-state index contributed by atoms with van der Waals surface area (Å²) in [5.41, 5.74) is -0.214. The van der Waals surface area contributed by atoms with E-state index in [0.29, 0.717) is 0 Å². The molecular weight excluding hydrogens is 190 g/mol. The normalized spacial score (nSPS) is 19.6. The van der Waals surface area contributed by atoms with Crippen molar-refractivity contribution in [3.8, 4) is 0 Å². The average Bonchev–Trinajstić information content (AvgIpc) is 2.18. The van der Waals surface area contributed by atoms with Crippen LogP contribution in [0.2, 0.25) is 0 Å². The van der Waals surface area contributed by atoms with Crippen molar-refractivity contribution in [1.29, 1.82) is 0 Å². The second-order valence-electron chi connectivity index (χ2n) is 4.68. The molecule has 1 aliphatic rings. The number of nitrogens with one attached hydrogen (secondary N) is 1. The Morgan fingerprint density at radius 1 is 1.33 bits per heavy atom. The highest BCUT2D eigenvalue weighted by molar-refractivity contribution is 5.67. The van der Waals surface area contributed by atoms with Crippen LogP contribution in [0.3, 0.4) is 0 Å². The summed E-state index contributed by atoms with van der Waals surface area (Å²) in [7, 11) is 0. The molecule has 1 fully saturated rings. The van der Waals surface area contributed by atoms with Crippen molar-refractivity contribution in [2.75, 3.05) is 6.54 Å². The lowest BCUT2D eigenvalue weighted by Gasteiger charge is -2.33. The van der Waals surface area contributed by atoms with Crippen LogP contribution in [0, 0.1) is 0 Å². The van der Waals surface area contributed by atoms with Crippen LogP contribution in [0.4, 0.5) is 4.79 Å². The molecular formula is C12H23NO2. The molecule has 1 N–H and O–H groups in total. The van der Waals surface area contributed by atoms with Gasteiger partial charge in [-0.15, -0.1) is 0 Å². The van der Waals surface area contributed by atoms with E-state index < -0.39 is 0 Å². The first kappa shape index (κ1) is 12.3. The van der Waals surface area contributed by atoms with E-state index in [1.54, 1.807) is 0 Å². The van der Waals surface area contributed by atoms with Crippen molar-refractivity contribution in [2.24, 2.45) is 0 Å². The number of carbonyl (C=O) groups is 1. The second kappa shape index (κ2) is 5.99. The Morgan fingerprint density at radius 3 is 2.60 bits per heavy atom. The van der Waals surface area contributed by atoms with Crippen molar-refractivity contribution in [2.45, 2.75) is 64.4 Å². The van der Waals surface area contributed by atoms with E-state index in [9.17, 15) is 4.79 Å². The van der Waals surface area contributed by atoms with Crippen LogP contribution >= 0.6 is 0 Å². The van der Waals surface area contributed by atoms with Gasteiger partial charge in [0.2, 0.25) is 0 Å². The van der Waals surface area contributed by atoms with Gasteiger partial charge in [0.15, 0.2) is 0 Å². The maximum absolute atomic E-state index is 11.5. The van der Waals surface area contributed by atoms with Crippen LogP contribution < -0.4 is 5.32 Å². The van der Waals surface area contributed by atoms with Crippen LogP contribution in [0.5, 0.6) is 0 Å². The quantitative estimate of drug-likeness (QED) is 0.728. The first-order chi connectivity index (χ1) is 7.16. The maximum atomic E-state index is 11.5. The molecule has 1 amide bonds. The van der Waals surface area contributed by atoms with E-state index in [0.717, 1.165) is 32.2 Å². The minimum atomic E-state index is -0.243. The Balaban J connectivity index is 2.23. The van der Waals surface area contributed by atoms with E-state index >= 15 is 0 Å². The highest BCUT2D eigenvalue weighted by Gasteiger charge is 2.30. The zero-order valence-corrected chi connectivity index (χ0v) is 9.97. The van der Waals surface area contributed by atoms with Crippen molar-refractivity contribution in [1.82, 2.24) is 5.32 Å². The van der Waals surface area contributed by atoms with Crippen LogP contribution in [-0.4, -0.2) is 18.2 Å². The molecule has 3 heteroatoms. The molecule has 0 unspecified atom stereocenters. The highest BCUT2D eigenvalue weighted by Crippen LogP contribution is 2.30. The third-order valence-corrected chi connectivity index (χ3v) is 3.05. The number of alkyl carbamates (subject to hydrolysis) is 1. The van der Waals surface area contributed by atoms with Crippen LogP contribution in [0.25, 0.3) is 0 Å². The van der Waals surface area contributed by atoms with Gasteiger partial charge in [0.25, 0.3) is 0 Å². The molecule has 0 bridgehead atoms. The molecule has 0 spiro atoms. The summed E-state index contributed by atoms with van der Waals surface area (Å²) in [6.07, 6.45) is 7.52. The lowest BCUT2D eigenvalue weighted by Crippen LogP contribution is -2.38. The van der Waals surface area contributed by atoms with Gasteiger partial charge in [0, 0.05) is 6.54 Å². The highest BCUT2D eigenvalue weighted by atomic mass is 16.6. The first-order valence-electron chi connectivity index (χ1n) is 6.13. The second-order valence-corrected chi connectivity index (χ2v) is 4.68. The number of carbonyl (C=O) groups excluding carboxylic acids is 1. The first-order valence-corrected chi connectivity index (χ1v) is 6.13. The zero-order chi connectivity index (χ0) is 11.1. The minimum Gasteiger partial charge on any atom is -0.443 e. The van der Waals surface area contributed by atoms with Crippen LogP contribution in [0.15, 0.2) is 0 Å². The van der Waals surface area contributed by atoms with Gasteiger partial charge in [-0.2, -0.15) is 0 Å². The van der Waals surface area contributed by atoms with Gasteiger partial charge in [0.1, 0.15) is 5.60 Å². The number of hydrogen-bond donors (Lipinski definition) is 1. The SMILES string of the molecule is CCCCNC(=O)OC1(C)CCCCC1. The summed E-state index contributed by atoms with van der Waals surface area (Å²) >= 11 is 0. The van der Waals surface area contributed by atoms with Gasteiger partial charge in [-0.05, 0) is 39.0 Å². The summed E-state index contributed by atoms with van der Waals surface area (Å²) < 4.78 is 5.48. The molecule has 1 saturated carbocycles. The molecule has 0 aromatic carbocycles. The van der Waals surface area contributed by atoms with E-state index in [1.807, 2.05) is 6.92 Å². The molecule has 0 aliphatic heterocycles. The summed E-state index contributed by atoms with van der Waals surface area (Å²) in [6, 6.07) is 0. The van der Waals surface area contributed by atoms with E-state index in [2.05, 4.69) is 12.2 Å². The third-order valence-electron chi connectivity index (χ3n) is 3.05. The third kappa shape index (κ3) is 4.54. The Morgan fingerprint density at radius 2 is 2.00 bits per heavy atom. The van der Waals surface area contributed by atoms with Crippen molar-refractivity contribution >= 4 is 6.09 Å². The van der Waals surface area contributed by atoms with Crippen molar-refractivity contribution < 1.29 is 9.53 Å². The summed E-state index contributed by atoms with van der Waals surface area (Å²) in [5, 5.41) is 2.79. The number of ether oxygens (including phenoxy) is 1. The van der Waals surface area contributed by atoms with Gasteiger partial charge in [-0.1, -0.05) is 19.8 Å². The van der Waals surface area contributed by atoms with Crippen molar-refractivity contribution in [3.63, 3.8) is 0 Å². The Kier molecular flexibility index (Phi) is 4.92. The van der Waals surface area contributed by atoms with Gasteiger partial charge < -0.3 is 10.1 Å². The van der Waals surface area contributed by atoms with Crippen LogP contribution in [0.1, 0.15) is 58.8 Å². The molecule has 15 heavy (non-hydrogen) atoms. The van der Waals surface area contributed by atoms with Crippen LogP contribution in [-0.2, 0) is 4.74 Å². The topological polar surface area (TPSA) is 38.3 Å². The molecule has 0 aromatic rings. The fraction of sp³-hybridized carbons (Fsp3) is 0.917. The minimum absolute atomic E-state index is 0.214. The fourth-order valence-corrected chi connectivity index (χ4v) is 2.03. The smallest absolute Gasteiger partial charge is 0.407 e. The summed E-state index contributed by atoms with van der Waals surface area (Å²) in [5.74, 6) is 0. The average molecular weight is 213 g/mol. The van der Waals surface area contributed by atoms with E-state index in [4.69, 9.17) is 4.74 Å². The van der Waals surface area contributed by atoms with Gasteiger partial charge in [0.05, 0.1) is 0 Å². The predicted molar refractivity (Wildman–Crippen MR) is 60.9 cm³/mol. The molecule has 0 saturated heterocycles. The number of hydrogen-bond acceptors (Lipinski definition) is 2. The van der Waals surface area contributed by atoms with Crippen molar-refractivity contribution in [3.05, 3.63) is 0 Å².